The second kappa shape index (κ2) is 7.53. The molecule has 130 valence electrons. The van der Waals surface area contributed by atoms with Crippen LogP contribution in [0.1, 0.15) is 31.7 Å². The van der Waals surface area contributed by atoms with Gasteiger partial charge in [-0.1, -0.05) is 33.9 Å². The molecule has 24 heavy (non-hydrogen) atoms. The van der Waals surface area contributed by atoms with E-state index in [1.54, 1.807) is 6.07 Å². The standard InChI is InChI=1S/C17H20BrNO5/c1-2-22-15-9-23-19-16(15)12-8-11(18)5-6-13(12)24-14(17(20)21)7-10-3-4-10/h5-6,8,10,14-15H,2-4,7,9H2,1H3,(H,20,21)/t14-,15?/m0/s1. The second-order valence-electron chi connectivity index (χ2n) is 5.98. The van der Waals surface area contributed by atoms with Crippen LogP contribution in [-0.2, 0) is 14.4 Å². The maximum absolute atomic E-state index is 11.5. The summed E-state index contributed by atoms with van der Waals surface area (Å²) in [6, 6.07) is 5.43. The Kier molecular flexibility index (Phi) is 5.40. The van der Waals surface area contributed by atoms with Crippen molar-refractivity contribution >= 4 is 27.6 Å². The van der Waals surface area contributed by atoms with Gasteiger partial charge in [0, 0.05) is 16.6 Å². The highest BCUT2D eigenvalue weighted by molar-refractivity contribution is 9.10. The zero-order valence-electron chi connectivity index (χ0n) is 13.4. The normalized spacial score (nSPS) is 21.1. The van der Waals surface area contributed by atoms with Crippen molar-refractivity contribution < 1.29 is 24.2 Å². The fourth-order valence-corrected chi connectivity index (χ4v) is 3.04. The zero-order valence-corrected chi connectivity index (χ0v) is 15.0. The maximum Gasteiger partial charge on any atom is 0.344 e. The van der Waals surface area contributed by atoms with Crippen LogP contribution in [0, 0.1) is 5.92 Å². The van der Waals surface area contributed by atoms with E-state index in [9.17, 15) is 9.90 Å². The lowest BCUT2D eigenvalue weighted by atomic mass is 10.0. The van der Waals surface area contributed by atoms with Crippen molar-refractivity contribution in [1.29, 1.82) is 0 Å². The van der Waals surface area contributed by atoms with Crippen LogP contribution >= 0.6 is 15.9 Å². The summed E-state index contributed by atoms with van der Waals surface area (Å²) < 4.78 is 12.3. The maximum atomic E-state index is 11.5. The average Bonchev–Trinajstić information content (AvgIpc) is 3.25. The van der Waals surface area contributed by atoms with Crippen molar-refractivity contribution in [3.05, 3.63) is 28.2 Å². The number of rotatable bonds is 8. The molecule has 1 aromatic rings. The van der Waals surface area contributed by atoms with Gasteiger partial charge in [0.15, 0.2) is 6.10 Å². The largest absolute Gasteiger partial charge is 0.479 e. The molecule has 2 aliphatic rings. The Morgan fingerprint density at radius 2 is 2.29 bits per heavy atom. The first-order valence-corrected chi connectivity index (χ1v) is 8.88. The van der Waals surface area contributed by atoms with E-state index in [1.165, 1.54) is 0 Å². The molecule has 0 radical (unpaired) electrons. The molecule has 1 aliphatic carbocycles. The molecule has 1 heterocycles. The van der Waals surface area contributed by atoms with Crippen molar-refractivity contribution in [1.82, 2.24) is 0 Å². The highest BCUT2D eigenvalue weighted by Gasteiger charge is 2.33. The molecule has 1 aliphatic heterocycles. The molecule has 0 spiro atoms. The summed E-state index contributed by atoms with van der Waals surface area (Å²) in [6.07, 6.45) is 1.55. The van der Waals surface area contributed by atoms with Crippen molar-refractivity contribution in [2.75, 3.05) is 13.2 Å². The molecule has 1 saturated carbocycles. The molecular formula is C17H20BrNO5. The minimum Gasteiger partial charge on any atom is -0.479 e. The summed E-state index contributed by atoms with van der Waals surface area (Å²) in [5, 5.41) is 13.5. The summed E-state index contributed by atoms with van der Waals surface area (Å²) >= 11 is 3.44. The summed E-state index contributed by atoms with van der Waals surface area (Å²) in [7, 11) is 0. The van der Waals surface area contributed by atoms with Crippen LogP contribution in [-0.4, -0.2) is 42.2 Å². The van der Waals surface area contributed by atoms with Gasteiger partial charge in [-0.2, -0.15) is 0 Å². The van der Waals surface area contributed by atoms with Crippen LogP contribution in [0.5, 0.6) is 5.75 Å². The van der Waals surface area contributed by atoms with Crippen LogP contribution in [0.4, 0.5) is 0 Å². The third kappa shape index (κ3) is 4.08. The van der Waals surface area contributed by atoms with Crippen LogP contribution in [0.3, 0.4) is 0 Å². The number of halogens is 1. The van der Waals surface area contributed by atoms with Crippen LogP contribution < -0.4 is 4.74 Å². The van der Waals surface area contributed by atoms with Gasteiger partial charge in [0.2, 0.25) is 0 Å². The predicted molar refractivity (Wildman–Crippen MR) is 91.4 cm³/mol. The first-order chi connectivity index (χ1) is 11.6. The molecule has 0 amide bonds. The van der Waals surface area contributed by atoms with Gasteiger partial charge < -0.3 is 19.4 Å². The molecule has 0 saturated heterocycles. The quantitative estimate of drug-likeness (QED) is 0.728. The summed E-state index contributed by atoms with van der Waals surface area (Å²) in [5.74, 6) is -0.00438. The lowest BCUT2D eigenvalue weighted by Gasteiger charge is -2.19. The molecule has 0 aromatic heterocycles. The third-order valence-electron chi connectivity index (χ3n) is 4.07. The topological polar surface area (TPSA) is 77.3 Å². The Morgan fingerprint density at radius 3 is 2.96 bits per heavy atom. The smallest absolute Gasteiger partial charge is 0.344 e. The Hall–Kier alpha value is -1.60. The first kappa shape index (κ1) is 17.2. The van der Waals surface area contributed by atoms with Gasteiger partial charge in [0.25, 0.3) is 0 Å². The Bertz CT molecular complexity index is 644. The highest BCUT2D eigenvalue weighted by atomic mass is 79.9. The van der Waals surface area contributed by atoms with Gasteiger partial charge in [-0.3, -0.25) is 0 Å². The number of hydrogen-bond donors (Lipinski definition) is 1. The van der Waals surface area contributed by atoms with Gasteiger partial charge in [-0.25, -0.2) is 4.79 Å². The molecule has 1 unspecified atom stereocenters. The van der Waals surface area contributed by atoms with Crippen molar-refractivity contribution in [3.63, 3.8) is 0 Å². The second-order valence-corrected chi connectivity index (χ2v) is 6.90. The Balaban J connectivity index is 1.86. The number of aliphatic carboxylic acids is 1. The van der Waals surface area contributed by atoms with E-state index < -0.39 is 12.1 Å². The van der Waals surface area contributed by atoms with E-state index in [1.807, 2.05) is 19.1 Å². The lowest BCUT2D eigenvalue weighted by molar-refractivity contribution is -0.145. The highest BCUT2D eigenvalue weighted by Crippen LogP contribution is 2.35. The number of benzene rings is 1. The van der Waals surface area contributed by atoms with Gasteiger partial charge in [0.05, 0.1) is 0 Å². The Morgan fingerprint density at radius 1 is 1.50 bits per heavy atom. The van der Waals surface area contributed by atoms with E-state index in [2.05, 4.69) is 21.1 Å². The molecule has 0 bridgehead atoms. The van der Waals surface area contributed by atoms with Crippen molar-refractivity contribution in [2.24, 2.45) is 11.1 Å². The zero-order chi connectivity index (χ0) is 17.1. The van der Waals surface area contributed by atoms with Crippen LogP contribution in [0.15, 0.2) is 27.8 Å². The number of nitrogens with zero attached hydrogens (tertiary/aromatic N) is 1. The average molecular weight is 398 g/mol. The summed E-state index contributed by atoms with van der Waals surface area (Å²) in [4.78, 5) is 16.7. The summed E-state index contributed by atoms with van der Waals surface area (Å²) in [5.41, 5.74) is 1.33. The predicted octanol–water partition coefficient (Wildman–Crippen LogP) is 3.22. The summed E-state index contributed by atoms with van der Waals surface area (Å²) in [6.45, 7) is 2.79. The van der Waals surface area contributed by atoms with E-state index in [0.29, 0.717) is 42.6 Å². The molecule has 2 atom stereocenters. The molecule has 1 fully saturated rings. The molecule has 1 N–H and O–H groups in total. The van der Waals surface area contributed by atoms with Gasteiger partial charge in [-0.15, -0.1) is 0 Å². The molecule has 1 aromatic carbocycles. The number of carboxylic acid groups (broad SMARTS) is 1. The van der Waals surface area contributed by atoms with Gasteiger partial charge in [0.1, 0.15) is 24.2 Å². The SMILES string of the molecule is CCOC1CON=C1c1cc(Br)ccc1O[C@@H](CC1CC1)C(=O)O. The fourth-order valence-electron chi connectivity index (χ4n) is 2.68. The number of carboxylic acids is 1. The van der Waals surface area contributed by atoms with Gasteiger partial charge >= 0.3 is 5.97 Å². The van der Waals surface area contributed by atoms with Crippen molar-refractivity contribution in [3.8, 4) is 5.75 Å². The number of hydrogen-bond acceptors (Lipinski definition) is 5. The van der Waals surface area contributed by atoms with Crippen LogP contribution in [0.25, 0.3) is 0 Å². The third-order valence-corrected chi connectivity index (χ3v) is 4.56. The first-order valence-electron chi connectivity index (χ1n) is 8.09. The molecule has 7 heteroatoms. The number of carbonyl (C=O) groups is 1. The minimum absolute atomic E-state index is 0.279. The molecule has 3 rings (SSSR count). The number of oxime groups is 1. The van der Waals surface area contributed by atoms with Gasteiger partial charge in [-0.05, 0) is 37.5 Å². The monoisotopic (exact) mass is 397 g/mol. The lowest BCUT2D eigenvalue weighted by Crippen LogP contribution is -2.30. The van der Waals surface area contributed by atoms with Crippen LogP contribution in [0.2, 0.25) is 0 Å². The molecular weight excluding hydrogens is 378 g/mol. The van der Waals surface area contributed by atoms with E-state index in [-0.39, 0.29) is 6.10 Å². The minimum atomic E-state index is -0.943. The van der Waals surface area contributed by atoms with Crippen molar-refractivity contribution in [2.45, 2.75) is 38.4 Å². The molecule has 6 nitrogen and oxygen atoms in total. The Labute approximate surface area is 148 Å². The fraction of sp³-hybridized carbons (Fsp3) is 0.529. The number of ether oxygens (including phenoxy) is 2. The van der Waals surface area contributed by atoms with E-state index in [4.69, 9.17) is 14.3 Å². The van der Waals surface area contributed by atoms with E-state index in [0.717, 1.165) is 17.3 Å². The van der Waals surface area contributed by atoms with E-state index >= 15 is 0 Å².